The van der Waals surface area contributed by atoms with E-state index in [-0.39, 0.29) is 18.1 Å². The second-order valence-corrected chi connectivity index (χ2v) is 3.76. The molecule has 0 saturated heterocycles. The molecule has 0 aliphatic carbocycles. The highest BCUT2D eigenvalue weighted by Crippen LogP contribution is 2.28. The van der Waals surface area contributed by atoms with E-state index in [0.717, 1.165) is 12.2 Å². The molecule has 6 nitrogen and oxygen atoms in total. The summed E-state index contributed by atoms with van der Waals surface area (Å²) in [5, 5.41) is 0. The van der Waals surface area contributed by atoms with Gasteiger partial charge in [0.1, 0.15) is 6.29 Å². The molecule has 0 amide bonds. The molecule has 0 aliphatic heterocycles. The molecule has 1 aromatic rings. The molecule has 0 aromatic heterocycles. The zero-order chi connectivity index (χ0) is 15.7. The van der Waals surface area contributed by atoms with Gasteiger partial charge in [-0.2, -0.15) is 0 Å². The summed E-state index contributed by atoms with van der Waals surface area (Å²) >= 11 is 0. The minimum Gasteiger partial charge on any atom is -0.490 e. The van der Waals surface area contributed by atoms with Crippen LogP contribution in [0.3, 0.4) is 0 Å². The van der Waals surface area contributed by atoms with Crippen LogP contribution >= 0.6 is 0 Å². The maximum absolute atomic E-state index is 11.6. The Labute approximate surface area is 122 Å². The largest absolute Gasteiger partial charge is 0.490 e. The van der Waals surface area contributed by atoms with Crippen LogP contribution in [0.5, 0.6) is 11.5 Å². The number of rotatable bonds is 7. The molecule has 1 aromatic carbocycles. The average Bonchev–Trinajstić information content (AvgIpc) is 2.47. The van der Waals surface area contributed by atoms with E-state index < -0.39 is 11.9 Å². The van der Waals surface area contributed by atoms with E-state index >= 15 is 0 Å². The quantitative estimate of drug-likeness (QED) is 0.330. The Hall–Kier alpha value is -2.63. The van der Waals surface area contributed by atoms with Gasteiger partial charge >= 0.3 is 11.9 Å². The molecule has 112 valence electrons. The van der Waals surface area contributed by atoms with Crippen LogP contribution in [0.2, 0.25) is 0 Å². The summed E-state index contributed by atoms with van der Waals surface area (Å²) in [4.78, 5) is 33.4. The molecule has 0 aliphatic rings. The van der Waals surface area contributed by atoms with Gasteiger partial charge in [0.15, 0.2) is 11.5 Å². The van der Waals surface area contributed by atoms with Crippen LogP contribution < -0.4 is 9.47 Å². The zero-order valence-electron chi connectivity index (χ0n) is 11.8. The lowest BCUT2D eigenvalue weighted by molar-refractivity contribution is -0.138. The molecular formula is C15H16O6. The van der Waals surface area contributed by atoms with Crippen LogP contribution in [0.1, 0.15) is 24.2 Å². The normalized spacial score (nSPS) is 10.2. The Bertz CT molecular complexity index is 547. The standard InChI is InChI=1S/C15H16O6/c1-3-19-13-9-11(10-16)5-6-12(13)21-15(18)8-7-14(17)20-4-2/h5-10H,3-4H2,1-2H3. The van der Waals surface area contributed by atoms with Crippen molar-refractivity contribution in [2.24, 2.45) is 0 Å². The summed E-state index contributed by atoms with van der Waals surface area (Å²) in [5.41, 5.74) is 0.403. The Morgan fingerprint density at radius 1 is 1.05 bits per heavy atom. The van der Waals surface area contributed by atoms with Crippen molar-refractivity contribution in [1.82, 2.24) is 0 Å². The Morgan fingerprint density at radius 2 is 1.76 bits per heavy atom. The Balaban J connectivity index is 2.79. The van der Waals surface area contributed by atoms with Crippen molar-refractivity contribution < 1.29 is 28.6 Å². The minimum absolute atomic E-state index is 0.168. The first kappa shape index (κ1) is 16.4. The molecule has 6 heteroatoms. The van der Waals surface area contributed by atoms with Gasteiger partial charge in [0.05, 0.1) is 13.2 Å². The lowest BCUT2D eigenvalue weighted by Gasteiger charge is -2.09. The first-order chi connectivity index (χ1) is 10.1. The minimum atomic E-state index is -0.747. The lowest BCUT2D eigenvalue weighted by atomic mass is 10.2. The third kappa shape index (κ3) is 5.48. The van der Waals surface area contributed by atoms with Gasteiger partial charge in [0.25, 0.3) is 0 Å². The summed E-state index contributed by atoms with van der Waals surface area (Å²) in [6.45, 7) is 4.00. The summed E-state index contributed by atoms with van der Waals surface area (Å²) < 4.78 is 15.0. The van der Waals surface area contributed by atoms with E-state index in [4.69, 9.17) is 9.47 Å². The second-order valence-electron chi connectivity index (χ2n) is 3.76. The predicted octanol–water partition coefficient (Wildman–Crippen LogP) is 1.92. The monoisotopic (exact) mass is 292 g/mol. The van der Waals surface area contributed by atoms with E-state index in [1.807, 2.05) is 0 Å². The summed E-state index contributed by atoms with van der Waals surface area (Å²) in [5.74, 6) is -0.931. The van der Waals surface area contributed by atoms with E-state index in [0.29, 0.717) is 18.5 Å². The highest BCUT2D eigenvalue weighted by Gasteiger charge is 2.10. The average molecular weight is 292 g/mol. The zero-order valence-corrected chi connectivity index (χ0v) is 11.8. The van der Waals surface area contributed by atoms with Gasteiger partial charge in [0, 0.05) is 17.7 Å². The second kappa shape index (κ2) is 8.52. The van der Waals surface area contributed by atoms with Crippen molar-refractivity contribution in [2.45, 2.75) is 13.8 Å². The molecular weight excluding hydrogens is 276 g/mol. The predicted molar refractivity (Wildman–Crippen MR) is 74.4 cm³/mol. The van der Waals surface area contributed by atoms with Gasteiger partial charge in [-0.05, 0) is 32.0 Å². The fraction of sp³-hybridized carbons (Fsp3) is 0.267. The molecule has 1 rings (SSSR count). The van der Waals surface area contributed by atoms with Gasteiger partial charge in [0.2, 0.25) is 0 Å². The van der Waals surface area contributed by atoms with E-state index in [9.17, 15) is 14.4 Å². The number of esters is 2. The molecule has 21 heavy (non-hydrogen) atoms. The van der Waals surface area contributed by atoms with Crippen molar-refractivity contribution in [1.29, 1.82) is 0 Å². The highest BCUT2D eigenvalue weighted by atomic mass is 16.6. The van der Waals surface area contributed by atoms with E-state index in [1.165, 1.54) is 18.2 Å². The number of ether oxygens (including phenoxy) is 3. The van der Waals surface area contributed by atoms with Crippen molar-refractivity contribution in [3.05, 3.63) is 35.9 Å². The van der Waals surface area contributed by atoms with Crippen LogP contribution in [0.4, 0.5) is 0 Å². The lowest BCUT2D eigenvalue weighted by Crippen LogP contribution is -2.08. The fourth-order valence-electron chi connectivity index (χ4n) is 1.42. The van der Waals surface area contributed by atoms with Gasteiger partial charge < -0.3 is 14.2 Å². The SMILES string of the molecule is CCOC(=O)C=CC(=O)Oc1ccc(C=O)cc1OCC. The molecule has 0 N–H and O–H groups in total. The van der Waals surface area contributed by atoms with Crippen LogP contribution in [0.15, 0.2) is 30.4 Å². The molecule has 0 heterocycles. The highest BCUT2D eigenvalue weighted by molar-refractivity contribution is 5.92. The summed E-state index contributed by atoms with van der Waals surface area (Å²) in [7, 11) is 0. The van der Waals surface area contributed by atoms with E-state index in [2.05, 4.69) is 4.74 Å². The first-order valence-electron chi connectivity index (χ1n) is 6.39. The number of aldehydes is 1. The number of hydrogen-bond donors (Lipinski definition) is 0. The van der Waals surface area contributed by atoms with Gasteiger partial charge in [-0.25, -0.2) is 9.59 Å². The number of carbonyl (C=O) groups excluding carboxylic acids is 3. The van der Waals surface area contributed by atoms with Crippen LogP contribution in [-0.2, 0) is 14.3 Å². The topological polar surface area (TPSA) is 78.9 Å². The van der Waals surface area contributed by atoms with Crippen LogP contribution in [0.25, 0.3) is 0 Å². The third-order valence-electron chi connectivity index (χ3n) is 2.26. The molecule has 0 unspecified atom stereocenters. The third-order valence-corrected chi connectivity index (χ3v) is 2.26. The summed E-state index contributed by atoms with van der Waals surface area (Å²) in [6, 6.07) is 4.41. The first-order valence-corrected chi connectivity index (χ1v) is 6.39. The summed E-state index contributed by atoms with van der Waals surface area (Å²) in [6.07, 6.45) is 2.60. The van der Waals surface area contributed by atoms with Gasteiger partial charge in [-0.3, -0.25) is 4.79 Å². The Kier molecular flexibility index (Phi) is 6.67. The maximum atomic E-state index is 11.6. The van der Waals surface area contributed by atoms with Crippen LogP contribution in [0, 0.1) is 0 Å². The van der Waals surface area contributed by atoms with Crippen molar-refractivity contribution in [2.75, 3.05) is 13.2 Å². The molecule has 0 atom stereocenters. The Morgan fingerprint density at radius 3 is 2.38 bits per heavy atom. The molecule has 0 spiro atoms. The number of carbonyl (C=O) groups is 3. The fourth-order valence-corrected chi connectivity index (χ4v) is 1.42. The molecule has 0 radical (unpaired) electrons. The van der Waals surface area contributed by atoms with Crippen molar-refractivity contribution in [3.63, 3.8) is 0 Å². The van der Waals surface area contributed by atoms with Gasteiger partial charge in [-0.15, -0.1) is 0 Å². The number of benzene rings is 1. The molecule has 0 fully saturated rings. The van der Waals surface area contributed by atoms with E-state index in [1.54, 1.807) is 13.8 Å². The van der Waals surface area contributed by atoms with Crippen molar-refractivity contribution >= 4 is 18.2 Å². The molecule has 0 saturated carbocycles. The smallest absolute Gasteiger partial charge is 0.336 e. The van der Waals surface area contributed by atoms with Crippen molar-refractivity contribution in [3.8, 4) is 11.5 Å². The number of hydrogen-bond acceptors (Lipinski definition) is 6. The van der Waals surface area contributed by atoms with Gasteiger partial charge in [-0.1, -0.05) is 0 Å². The maximum Gasteiger partial charge on any atom is 0.336 e. The molecule has 0 bridgehead atoms. The van der Waals surface area contributed by atoms with Crippen LogP contribution in [-0.4, -0.2) is 31.4 Å².